The number of hydrogen-bond acceptors (Lipinski definition) is 6. The molecule has 1 heterocycles. The number of nitrogens with two attached hydrogens (primary N) is 2. The molecule has 1 aliphatic carbocycles. The van der Waals surface area contributed by atoms with E-state index >= 15 is 4.79 Å². The van der Waals surface area contributed by atoms with Crippen molar-refractivity contribution in [2.24, 2.45) is 11.5 Å². The summed E-state index contributed by atoms with van der Waals surface area (Å²) in [5, 5.41) is 0. The Morgan fingerprint density at radius 2 is 0.986 bits per heavy atom. The predicted molar refractivity (Wildman–Crippen MR) is 289 cm³/mol. The molecule has 2 unspecified atom stereocenters. The number of hydrogen-bond donors (Lipinski definition) is 2. The van der Waals surface area contributed by atoms with Crippen LogP contribution in [0.15, 0.2) is 97.1 Å². The van der Waals surface area contributed by atoms with Crippen molar-refractivity contribution in [2.45, 2.75) is 217 Å². The number of carbonyl (C=O) groups is 2. The highest BCUT2D eigenvalue weighted by molar-refractivity contribution is 5.89. The van der Waals surface area contributed by atoms with Crippen LogP contribution in [0.1, 0.15) is 211 Å². The third-order valence-electron chi connectivity index (χ3n) is 14.1. The summed E-state index contributed by atoms with van der Waals surface area (Å²) in [7, 11) is 0. The van der Waals surface area contributed by atoms with Crippen molar-refractivity contribution in [3.05, 3.63) is 108 Å². The summed E-state index contributed by atoms with van der Waals surface area (Å²) in [5.41, 5.74) is 15.0. The van der Waals surface area contributed by atoms with Crippen LogP contribution in [0.2, 0.25) is 0 Å². The number of carbonyl (C=O) groups excluding carboxylic acids is 2. The van der Waals surface area contributed by atoms with E-state index in [0.29, 0.717) is 58.5 Å². The first kappa shape index (κ1) is 57.6. The van der Waals surface area contributed by atoms with E-state index in [2.05, 4.69) is 86.7 Å². The zero-order valence-corrected chi connectivity index (χ0v) is 43.4. The molecule has 2 aromatic carbocycles. The van der Waals surface area contributed by atoms with Crippen molar-refractivity contribution >= 4 is 12.0 Å². The number of likely N-dealkylation sites (tertiary alicyclic amines) is 1. The summed E-state index contributed by atoms with van der Waals surface area (Å²) in [6.07, 6.45) is 47.7. The van der Waals surface area contributed by atoms with Gasteiger partial charge in [0.25, 0.3) is 5.91 Å². The molecule has 3 atom stereocenters. The maximum Gasteiger partial charge on any atom is 0.405 e. The Kier molecular flexibility index (Phi) is 30.1. The molecule has 1 aliphatic heterocycles. The zero-order valence-electron chi connectivity index (χ0n) is 43.4. The first-order valence-electron chi connectivity index (χ1n) is 27.9. The molecule has 0 spiro atoms. The second-order valence-electron chi connectivity index (χ2n) is 19.8. The van der Waals surface area contributed by atoms with Gasteiger partial charge in [-0.05, 0) is 125 Å². The van der Waals surface area contributed by atoms with Gasteiger partial charge in [-0.2, -0.15) is 0 Å². The Morgan fingerprint density at radius 1 is 0.565 bits per heavy atom. The molecular weight excluding hydrogens is 855 g/mol. The highest BCUT2D eigenvalue weighted by atomic mass is 16.6. The van der Waals surface area contributed by atoms with Crippen molar-refractivity contribution < 1.29 is 23.8 Å². The fraction of sp³-hybridized carbons (Fsp3) is 0.639. The van der Waals surface area contributed by atoms with Crippen LogP contribution in [-0.2, 0) is 19.0 Å². The quantitative estimate of drug-likeness (QED) is 0.0508. The van der Waals surface area contributed by atoms with Crippen LogP contribution in [-0.4, -0.2) is 67.6 Å². The number of primary amides is 1. The summed E-state index contributed by atoms with van der Waals surface area (Å²) in [5.74, 6) is -0.366. The second kappa shape index (κ2) is 36.0. The first-order valence-corrected chi connectivity index (χ1v) is 27.9. The van der Waals surface area contributed by atoms with Gasteiger partial charge in [0.15, 0.2) is 5.60 Å². The summed E-state index contributed by atoms with van der Waals surface area (Å²) in [6.45, 7) is 7.00. The molecule has 8 nitrogen and oxygen atoms in total. The number of unbranched alkanes of at least 4 members (excludes halogenated alkanes) is 19. The minimum Gasteiger partial charge on any atom is -0.433 e. The van der Waals surface area contributed by atoms with Gasteiger partial charge in [-0.15, -0.1) is 0 Å². The maximum absolute atomic E-state index is 15.2. The zero-order chi connectivity index (χ0) is 49.0. The minimum absolute atomic E-state index is 0.145. The lowest BCUT2D eigenvalue weighted by Crippen LogP contribution is -2.53. The highest BCUT2D eigenvalue weighted by Crippen LogP contribution is 2.49. The van der Waals surface area contributed by atoms with Crippen molar-refractivity contribution in [1.29, 1.82) is 0 Å². The van der Waals surface area contributed by atoms with E-state index in [0.717, 1.165) is 73.6 Å². The molecular formula is C61H95N3O5. The van der Waals surface area contributed by atoms with Crippen LogP contribution >= 0.6 is 0 Å². The van der Waals surface area contributed by atoms with Crippen molar-refractivity contribution in [1.82, 2.24) is 4.90 Å². The largest absolute Gasteiger partial charge is 0.433 e. The Bertz CT molecular complexity index is 1700. The Morgan fingerprint density at radius 3 is 1.42 bits per heavy atom. The number of benzene rings is 2. The van der Waals surface area contributed by atoms with E-state index in [1.165, 1.54) is 103 Å². The molecule has 8 heteroatoms. The van der Waals surface area contributed by atoms with Gasteiger partial charge in [-0.25, -0.2) is 4.79 Å². The Balaban J connectivity index is 1.31. The Labute approximate surface area is 420 Å². The average molecular weight is 950 g/mol. The van der Waals surface area contributed by atoms with Gasteiger partial charge in [-0.3, -0.25) is 4.79 Å². The number of allylic oxidation sites excluding steroid dienone is 8. The number of fused-ring (bicyclic) bond motifs is 3. The Hall–Kier alpha value is -3.98. The summed E-state index contributed by atoms with van der Waals surface area (Å²) < 4.78 is 19.4. The summed E-state index contributed by atoms with van der Waals surface area (Å²) >= 11 is 0. The van der Waals surface area contributed by atoms with E-state index in [-0.39, 0.29) is 24.0 Å². The van der Waals surface area contributed by atoms with Gasteiger partial charge in [0, 0.05) is 38.6 Å². The standard InChI is InChI=1S/C61H95N3O5/c1-3-5-7-9-11-13-15-17-19-21-23-25-27-29-31-39-47-67-57-50-64(51-58(57)68-48-40-32-30-28-26-24-22-20-18-16-14-12-10-8-6-4-2)59(65)61(69-60(63)66,45-37-38-46-62)49-56-54-43-35-33-41-52(54)53-42-34-36-44-55(53)56/h11-14,17-20,33-36,41-44,56-58H,3-10,15-16,21-32,37-40,45-51,62H2,1-2H3,(H2,63,66)/b13-11-,14-12-,19-17-,20-18-/t57?,58?,61-/m0/s1. The normalized spacial score (nSPS) is 16.9. The van der Waals surface area contributed by atoms with E-state index < -0.39 is 11.7 Å². The van der Waals surface area contributed by atoms with E-state index in [9.17, 15) is 4.79 Å². The number of ether oxygens (including phenoxy) is 3. The molecule has 2 amide bonds. The molecule has 1 fully saturated rings. The van der Waals surface area contributed by atoms with Crippen LogP contribution in [0, 0.1) is 0 Å². The topological polar surface area (TPSA) is 117 Å². The molecule has 2 aromatic rings. The second-order valence-corrected chi connectivity index (χ2v) is 19.8. The monoisotopic (exact) mass is 950 g/mol. The molecule has 0 aromatic heterocycles. The predicted octanol–water partition coefficient (Wildman–Crippen LogP) is 15.4. The fourth-order valence-electron chi connectivity index (χ4n) is 10.2. The van der Waals surface area contributed by atoms with Crippen molar-refractivity contribution in [2.75, 3.05) is 32.8 Å². The average Bonchev–Trinajstić information content (AvgIpc) is 3.91. The van der Waals surface area contributed by atoms with E-state index in [1.807, 2.05) is 29.2 Å². The summed E-state index contributed by atoms with van der Waals surface area (Å²) in [6, 6.07) is 16.7. The lowest BCUT2D eigenvalue weighted by molar-refractivity contribution is -0.153. The molecule has 0 radical (unpaired) electrons. The SMILES string of the molecule is CCCCC/C=C\C/C=C\CCCCCCCCOC1CN(C(=O)[C@](CCCCN)(CC2c3ccccc3-c3ccccc32)OC(N)=O)CC1OCCCCCCCC/C=C\C/C=C\CCCCC. The first-order chi connectivity index (χ1) is 33.9. The van der Waals surface area contributed by atoms with Crippen molar-refractivity contribution in [3.8, 4) is 11.1 Å². The number of rotatable bonds is 40. The van der Waals surface area contributed by atoms with Crippen LogP contribution in [0.25, 0.3) is 11.1 Å². The minimum atomic E-state index is -1.48. The lowest BCUT2D eigenvalue weighted by Gasteiger charge is -2.37. The molecule has 69 heavy (non-hydrogen) atoms. The molecule has 1 saturated heterocycles. The lowest BCUT2D eigenvalue weighted by atomic mass is 9.80. The summed E-state index contributed by atoms with van der Waals surface area (Å²) in [4.78, 5) is 29.9. The van der Waals surface area contributed by atoms with Gasteiger partial charge >= 0.3 is 6.09 Å². The van der Waals surface area contributed by atoms with E-state index in [1.54, 1.807) is 0 Å². The molecule has 4 N–H and O–H groups in total. The van der Waals surface area contributed by atoms with Crippen LogP contribution in [0.4, 0.5) is 4.79 Å². The van der Waals surface area contributed by atoms with Gasteiger partial charge in [0.05, 0.1) is 0 Å². The van der Waals surface area contributed by atoms with Crippen LogP contribution in [0.5, 0.6) is 0 Å². The molecule has 0 bridgehead atoms. The van der Waals surface area contributed by atoms with Gasteiger partial charge < -0.3 is 30.6 Å². The van der Waals surface area contributed by atoms with Gasteiger partial charge in [-0.1, -0.05) is 188 Å². The third-order valence-corrected chi connectivity index (χ3v) is 14.1. The maximum atomic E-state index is 15.2. The number of amides is 2. The smallest absolute Gasteiger partial charge is 0.405 e. The van der Waals surface area contributed by atoms with Gasteiger partial charge in [0.2, 0.25) is 0 Å². The van der Waals surface area contributed by atoms with Gasteiger partial charge in [0.1, 0.15) is 12.2 Å². The molecule has 2 aliphatic rings. The molecule has 384 valence electrons. The van der Waals surface area contributed by atoms with Crippen LogP contribution < -0.4 is 11.5 Å². The number of nitrogens with zero attached hydrogens (tertiary/aromatic N) is 1. The molecule has 4 rings (SSSR count). The highest BCUT2D eigenvalue weighted by Gasteiger charge is 2.50. The third kappa shape index (κ3) is 21.9. The van der Waals surface area contributed by atoms with Crippen LogP contribution in [0.3, 0.4) is 0 Å². The fourth-order valence-corrected chi connectivity index (χ4v) is 10.2. The van der Waals surface area contributed by atoms with E-state index in [4.69, 9.17) is 25.7 Å². The molecule has 0 saturated carbocycles. The van der Waals surface area contributed by atoms with Crippen molar-refractivity contribution in [3.63, 3.8) is 0 Å².